The summed E-state index contributed by atoms with van der Waals surface area (Å²) in [5, 5.41) is 6.87. The minimum atomic E-state index is -0.0318. The van der Waals surface area contributed by atoms with Crippen molar-refractivity contribution >= 4 is 6.03 Å². The van der Waals surface area contributed by atoms with Crippen molar-refractivity contribution in [2.75, 3.05) is 19.6 Å². The van der Waals surface area contributed by atoms with E-state index in [1.165, 1.54) is 5.56 Å². The Morgan fingerprint density at radius 1 is 1.37 bits per heavy atom. The van der Waals surface area contributed by atoms with E-state index in [-0.39, 0.29) is 18.1 Å². The first-order valence-corrected chi connectivity index (χ1v) is 9.60. The van der Waals surface area contributed by atoms with Gasteiger partial charge in [-0.05, 0) is 57.7 Å². The maximum absolute atomic E-state index is 12.5. The second kappa shape index (κ2) is 8.88. The van der Waals surface area contributed by atoms with E-state index in [1.807, 2.05) is 49.9 Å². The lowest BCUT2D eigenvalue weighted by atomic mass is 9.98. The van der Waals surface area contributed by atoms with Gasteiger partial charge in [0.2, 0.25) is 5.89 Å². The van der Waals surface area contributed by atoms with E-state index >= 15 is 0 Å². The average molecular weight is 372 g/mol. The van der Waals surface area contributed by atoms with Crippen LogP contribution in [0.2, 0.25) is 0 Å². The van der Waals surface area contributed by atoms with Crippen LogP contribution < -0.4 is 10.1 Å². The third-order valence-corrected chi connectivity index (χ3v) is 4.59. The topological polar surface area (TPSA) is 80.5 Å². The molecule has 0 bridgehead atoms. The van der Waals surface area contributed by atoms with E-state index in [4.69, 9.17) is 9.26 Å². The van der Waals surface area contributed by atoms with E-state index in [0.717, 1.165) is 31.6 Å². The number of rotatable bonds is 6. The Hall–Kier alpha value is -2.57. The van der Waals surface area contributed by atoms with Gasteiger partial charge in [-0.1, -0.05) is 17.3 Å². The third-order valence-electron chi connectivity index (χ3n) is 4.59. The number of ether oxygens (including phenoxy) is 1. The number of aromatic nitrogens is 2. The predicted octanol–water partition coefficient (Wildman–Crippen LogP) is 3.30. The highest BCUT2D eigenvalue weighted by molar-refractivity contribution is 5.74. The van der Waals surface area contributed by atoms with Crippen molar-refractivity contribution < 1.29 is 14.1 Å². The van der Waals surface area contributed by atoms with Crippen LogP contribution in [0, 0.1) is 6.92 Å². The lowest BCUT2D eigenvalue weighted by Gasteiger charge is -2.31. The van der Waals surface area contributed by atoms with Crippen LogP contribution in [0.15, 0.2) is 28.8 Å². The number of amides is 2. The molecule has 7 nitrogen and oxygen atoms in total. The van der Waals surface area contributed by atoms with E-state index in [0.29, 0.717) is 24.8 Å². The number of urea groups is 1. The molecule has 27 heavy (non-hydrogen) atoms. The second-order valence-corrected chi connectivity index (χ2v) is 7.26. The Kier molecular flexibility index (Phi) is 6.32. The summed E-state index contributed by atoms with van der Waals surface area (Å²) in [5.74, 6) is 2.26. The molecular formula is C20H28N4O3. The summed E-state index contributed by atoms with van der Waals surface area (Å²) < 4.78 is 10.9. The summed E-state index contributed by atoms with van der Waals surface area (Å²) in [7, 11) is 0. The molecule has 1 fully saturated rings. The number of hydrogen-bond donors (Lipinski definition) is 1. The van der Waals surface area contributed by atoms with Crippen molar-refractivity contribution in [2.24, 2.45) is 0 Å². The molecule has 1 aromatic heterocycles. The number of carbonyl (C=O) groups excluding carboxylic acids is 1. The van der Waals surface area contributed by atoms with Gasteiger partial charge in [0, 0.05) is 19.6 Å². The van der Waals surface area contributed by atoms with E-state index in [2.05, 4.69) is 15.5 Å². The molecule has 0 saturated carbocycles. The number of nitrogens with zero attached hydrogens (tertiary/aromatic N) is 3. The highest BCUT2D eigenvalue weighted by Gasteiger charge is 2.28. The zero-order valence-electron chi connectivity index (χ0n) is 16.3. The molecule has 0 spiro atoms. The number of likely N-dealkylation sites (tertiary alicyclic amines) is 1. The van der Waals surface area contributed by atoms with E-state index < -0.39 is 0 Å². The summed E-state index contributed by atoms with van der Waals surface area (Å²) >= 11 is 0. The fourth-order valence-corrected chi connectivity index (χ4v) is 3.27. The van der Waals surface area contributed by atoms with E-state index in [1.54, 1.807) is 0 Å². The summed E-state index contributed by atoms with van der Waals surface area (Å²) in [6, 6.07) is 7.99. The molecule has 146 valence electrons. The molecule has 0 radical (unpaired) electrons. The number of hydrogen-bond acceptors (Lipinski definition) is 5. The van der Waals surface area contributed by atoms with Crippen LogP contribution in [-0.4, -0.2) is 46.8 Å². The normalized spacial score (nSPS) is 17.2. The van der Waals surface area contributed by atoms with Crippen LogP contribution in [0.4, 0.5) is 4.79 Å². The van der Waals surface area contributed by atoms with Gasteiger partial charge in [0.05, 0.1) is 12.0 Å². The molecule has 7 heteroatoms. The smallest absolute Gasteiger partial charge is 0.317 e. The van der Waals surface area contributed by atoms with Gasteiger partial charge in [-0.15, -0.1) is 0 Å². The van der Waals surface area contributed by atoms with Crippen LogP contribution in [0.3, 0.4) is 0 Å². The Balaban J connectivity index is 1.44. The van der Waals surface area contributed by atoms with Gasteiger partial charge >= 0.3 is 6.03 Å². The zero-order chi connectivity index (χ0) is 19.2. The Morgan fingerprint density at radius 3 is 2.81 bits per heavy atom. The van der Waals surface area contributed by atoms with Crippen LogP contribution in [0.1, 0.15) is 49.9 Å². The lowest BCUT2D eigenvalue weighted by molar-refractivity contribution is 0.172. The van der Waals surface area contributed by atoms with Crippen molar-refractivity contribution in [1.29, 1.82) is 0 Å². The summed E-state index contributed by atoms with van der Waals surface area (Å²) in [4.78, 5) is 18.6. The lowest BCUT2D eigenvalue weighted by Crippen LogP contribution is -2.45. The third kappa shape index (κ3) is 5.45. The Morgan fingerprint density at radius 2 is 2.15 bits per heavy atom. The largest absolute Gasteiger partial charge is 0.491 e. The summed E-state index contributed by atoms with van der Waals surface area (Å²) in [6.45, 7) is 7.81. The highest BCUT2D eigenvalue weighted by Crippen LogP contribution is 2.25. The first-order valence-electron chi connectivity index (χ1n) is 9.60. The summed E-state index contributed by atoms with van der Waals surface area (Å²) in [6.07, 6.45) is 2.86. The first kappa shape index (κ1) is 19.2. The van der Waals surface area contributed by atoms with Gasteiger partial charge in [-0.2, -0.15) is 4.98 Å². The average Bonchev–Trinajstić information content (AvgIpc) is 3.09. The van der Waals surface area contributed by atoms with Crippen LogP contribution >= 0.6 is 0 Å². The monoisotopic (exact) mass is 372 g/mol. The molecule has 1 aromatic carbocycles. The maximum Gasteiger partial charge on any atom is 0.317 e. The van der Waals surface area contributed by atoms with Gasteiger partial charge in [-0.25, -0.2) is 4.79 Å². The SMILES string of the molecule is Cc1noc(C2CCCN(C(=O)NCCc3ccc(OC(C)C)cc3)C2)n1. The van der Waals surface area contributed by atoms with Crippen LogP contribution in [0.25, 0.3) is 0 Å². The molecule has 3 rings (SSSR count). The Bertz CT molecular complexity index is 742. The van der Waals surface area contributed by atoms with Gasteiger partial charge in [-0.3, -0.25) is 0 Å². The quantitative estimate of drug-likeness (QED) is 0.841. The van der Waals surface area contributed by atoms with Gasteiger partial charge in [0.15, 0.2) is 5.82 Å². The van der Waals surface area contributed by atoms with Crippen molar-refractivity contribution in [3.05, 3.63) is 41.5 Å². The second-order valence-electron chi connectivity index (χ2n) is 7.26. The number of nitrogens with one attached hydrogen (secondary N) is 1. The molecule has 2 amide bonds. The fraction of sp³-hybridized carbons (Fsp3) is 0.550. The van der Waals surface area contributed by atoms with Crippen molar-refractivity contribution in [1.82, 2.24) is 20.4 Å². The van der Waals surface area contributed by atoms with Crippen LogP contribution in [0.5, 0.6) is 5.75 Å². The molecule has 2 heterocycles. The van der Waals surface area contributed by atoms with Crippen molar-refractivity contribution in [3.63, 3.8) is 0 Å². The fourth-order valence-electron chi connectivity index (χ4n) is 3.27. The Labute approximate surface area is 160 Å². The minimum Gasteiger partial charge on any atom is -0.491 e. The standard InChI is InChI=1S/C20H28N4O3/c1-14(2)26-18-8-6-16(7-9-18)10-11-21-20(25)24-12-4-5-17(13-24)19-22-15(3)23-27-19/h6-9,14,17H,4-5,10-13H2,1-3H3,(H,21,25). The van der Waals surface area contributed by atoms with Crippen LogP contribution in [-0.2, 0) is 6.42 Å². The van der Waals surface area contributed by atoms with Gasteiger partial charge < -0.3 is 19.5 Å². The number of aryl methyl sites for hydroxylation is 1. The van der Waals surface area contributed by atoms with Gasteiger partial charge in [0.1, 0.15) is 5.75 Å². The van der Waals surface area contributed by atoms with Crippen molar-refractivity contribution in [3.8, 4) is 5.75 Å². The first-order chi connectivity index (χ1) is 13.0. The highest BCUT2D eigenvalue weighted by atomic mass is 16.5. The predicted molar refractivity (Wildman–Crippen MR) is 102 cm³/mol. The zero-order valence-corrected chi connectivity index (χ0v) is 16.3. The molecule has 1 saturated heterocycles. The molecule has 1 aliphatic rings. The molecule has 1 unspecified atom stereocenters. The number of carbonyl (C=O) groups is 1. The number of piperidine rings is 1. The van der Waals surface area contributed by atoms with Gasteiger partial charge in [0.25, 0.3) is 0 Å². The number of benzene rings is 1. The molecular weight excluding hydrogens is 344 g/mol. The molecule has 1 N–H and O–H groups in total. The van der Waals surface area contributed by atoms with Crippen molar-refractivity contribution in [2.45, 2.75) is 52.1 Å². The molecule has 0 aliphatic carbocycles. The molecule has 2 aromatic rings. The molecule has 1 aliphatic heterocycles. The maximum atomic E-state index is 12.5. The summed E-state index contributed by atoms with van der Waals surface area (Å²) in [5.41, 5.74) is 1.17. The molecule has 1 atom stereocenters. The minimum absolute atomic E-state index is 0.0318. The van der Waals surface area contributed by atoms with E-state index in [9.17, 15) is 4.79 Å².